The Morgan fingerprint density at radius 1 is 0.974 bits per heavy atom. The second kappa shape index (κ2) is 10.5. The van der Waals surface area contributed by atoms with Gasteiger partial charge in [-0.25, -0.2) is 4.39 Å². The minimum Gasteiger partial charge on any atom is -0.497 e. The molecule has 1 aliphatic heterocycles. The van der Waals surface area contributed by atoms with E-state index in [0.29, 0.717) is 46.7 Å². The Morgan fingerprint density at radius 3 is 2.42 bits per heavy atom. The van der Waals surface area contributed by atoms with E-state index in [2.05, 4.69) is 10.6 Å². The minimum atomic E-state index is -0.705. The van der Waals surface area contributed by atoms with Crippen LogP contribution in [-0.2, 0) is 9.59 Å². The first-order chi connectivity index (χ1) is 18.4. The van der Waals surface area contributed by atoms with Crippen LogP contribution in [0.4, 0.5) is 10.1 Å². The molecule has 38 heavy (non-hydrogen) atoms. The molecule has 1 aliphatic carbocycles. The summed E-state index contributed by atoms with van der Waals surface area (Å²) in [5.74, 6) is -0.679. The lowest BCUT2D eigenvalue weighted by Gasteiger charge is -2.37. The first-order valence-electron chi connectivity index (χ1n) is 12.5. The standard InChI is InChI=1S/C31H29FN2O4/c1-18-28(31(36)34-24-12-8-7-11-23(24)32)29(22-14-13-21(37-2)17-27(22)38-3)30-25(33-18)15-20(16-26(30)35)19-9-5-4-6-10-19/h4-14,17,20,29,33H,15-16H2,1-3H3,(H,34,36)/t20-,29-/m0/s1. The van der Waals surface area contributed by atoms with Gasteiger partial charge in [0.2, 0.25) is 0 Å². The van der Waals surface area contributed by atoms with Crippen molar-refractivity contribution in [1.29, 1.82) is 0 Å². The molecule has 0 saturated carbocycles. The third-order valence-electron chi connectivity index (χ3n) is 7.22. The second-order valence-corrected chi connectivity index (χ2v) is 9.47. The summed E-state index contributed by atoms with van der Waals surface area (Å²) in [4.78, 5) is 27.6. The molecule has 0 spiro atoms. The van der Waals surface area contributed by atoms with E-state index in [0.717, 1.165) is 11.3 Å². The van der Waals surface area contributed by atoms with Crippen LogP contribution in [-0.4, -0.2) is 25.9 Å². The van der Waals surface area contributed by atoms with Gasteiger partial charge in [0, 0.05) is 40.6 Å². The number of nitrogens with one attached hydrogen (secondary N) is 2. The molecule has 0 saturated heterocycles. The van der Waals surface area contributed by atoms with Crippen LogP contribution in [0.25, 0.3) is 0 Å². The van der Waals surface area contributed by atoms with Crippen molar-refractivity contribution in [2.24, 2.45) is 0 Å². The third kappa shape index (κ3) is 4.67. The Hall–Kier alpha value is -4.39. The third-order valence-corrected chi connectivity index (χ3v) is 7.22. The number of hydrogen-bond acceptors (Lipinski definition) is 5. The van der Waals surface area contributed by atoms with Crippen molar-refractivity contribution >= 4 is 17.4 Å². The number of methoxy groups -OCH3 is 2. The summed E-state index contributed by atoms with van der Waals surface area (Å²) < 4.78 is 25.5. The Balaban J connectivity index is 1.62. The summed E-state index contributed by atoms with van der Waals surface area (Å²) in [6.45, 7) is 1.81. The fourth-order valence-corrected chi connectivity index (χ4v) is 5.42. The molecule has 5 rings (SSSR count). The number of Topliss-reactive ketones (excluding diaryl/α,β-unsaturated/α-hetero) is 1. The van der Waals surface area contributed by atoms with Gasteiger partial charge in [0.25, 0.3) is 5.91 Å². The van der Waals surface area contributed by atoms with E-state index in [4.69, 9.17) is 9.47 Å². The summed E-state index contributed by atoms with van der Waals surface area (Å²) in [6, 6.07) is 21.3. The highest BCUT2D eigenvalue weighted by atomic mass is 19.1. The van der Waals surface area contributed by atoms with Crippen molar-refractivity contribution in [2.45, 2.75) is 31.6 Å². The highest BCUT2D eigenvalue weighted by molar-refractivity contribution is 6.10. The van der Waals surface area contributed by atoms with Crippen LogP contribution < -0.4 is 20.1 Å². The van der Waals surface area contributed by atoms with Crippen LogP contribution in [0.15, 0.2) is 95.3 Å². The van der Waals surface area contributed by atoms with Gasteiger partial charge in [-0.05, 0) is 43.0 Å². The van der Waals surface area contributed by atoms with Gasteiger partial charge >= 0.3 is 0 Å². The minimum absolute atomic E-state index is 0.0231. The molecule has 2 aliphatic rings. The van der Waals surface area contributed by atoms with Gasteiger partial charge in [-0.2, -0.15) is 0 Å². The predicted molar refractivity (Wildman–Crippen MR) is 144 cm³/mol. The number of anilines is 1. The lowest BCUT2D eigenvalue weighted by Crippen LogP contribution is -2.37. The van der Waals surface area contributed by atoms with Crippen molar-refractivity contribution in [3.63, 3.8) is 0 Å². The Kier molecular flexibility index (Phi) is 7.01. The molecule has 2 atom stereocenters. The monoisotopic (exact) mass is 512 g/mol. The number of allylic oxidation sites excluding steroid dienone is 3. The van der Waals surface area contributed by atoms with E-state index in [9.17, 15) is 14.0 Å². The lowest BCUT2D eigenvalue weighted by atomic mass is 9.71. The average Bonchev–Trinajstić information content (AvgIpc) is 2.93. The average molecular weight is 513 g/mol. The van der Waals surface area contributed by atoms with Crippen LogP contribution in [0.3, 0.4) is 0 Å². The number of carbonyl (C=O) groups is 2. The van der Waals surface area contributed by atoms with Crippen LogP contribution in [0, 0.1) is 5.82 Å². The summed E-state index contributed by atoms with van der Waals surface area (Å²) >= 11 is 0. The quantitative estimate of drug-likeness (QED) is 0.434. The first-order valence-corrected chi connectivity index (χ1v) is 12.5. The Bertz CT molecular complexity index is 1460. The highest BCUT2D eigenvalue weighted by Crippen LogP contribution is 2.48. The van der Waals surface area contributed by atoms with E-state index >= 15 is 0 Å². The van der Waals surface area contributed by atoms with Gasteiger partial charge in [0.15, 0.2) is 5.78 Å². The molecular formula is C31H29FN2O4. The van der Waals surface area contributed by atoms with Gasteiger partial charge in [0.05, 0.1) is 25.8 Å². The number of ketones is 1. The number of carbonyl (C=O) groups excluding carboxylic acids is 2. The normalized spacial score (nSPS) is 19.0. The maximum Gasteiger partial charge on any atom is 0.254 e. The maximum atomic E-state index is 14.4. The molecule has 2 N–H and O–H groups in total. The van der Waals surface area contributed by atoms with E-state index < -0.39 is 17.6 Å². The molecule has 0 fully saturated rings. The number of rotatable bonds is 6. The van der Waals surface area contributed by atoms with Crippen LogP contribution in [0.1, 0.15) is 42.7 Å². The molecule has 6 nitrogen and oxygen atoms in total. The zero-order valence-corrected chi connectivity index (χ0v) is 21.5. The van der Waals surface area contributed by atoms with E-state index in [-0.39, 0.29) is 17.4 Å². The van der Waals surface area contributed by atoms with Crippen LogP contribution >= 0.6 is 0 Å². The lowest BCUT2D eigenvalue weighted by molar-refractivity contribution is -0.116. The van der Waals surface area contributed by atoms with Crippen molar-refractivity contribution < 1.29 is 23.5 Å². The molecule has 0 bridgehead atoms. The summed E-state index contributed by atoms with van der Waals surface area (Å²) in [5, 5.41) is 6.06. The topological polar surface area (TPSA) is 76.7 Å². The molecule has 194 valence electrons. The fraction of sp³-hybridized carbons (Fsp3) is 0.226. The molecule has 1 amide bonds. The van der Waals surface area contributed by atoms with Gasteiger partial charge < -0.3 is 20.1 Å². The van der Waals surface area contributed by atoms with Crippen molar-refractivity contribution in [3.8, 4) is 11.5 Å². The van der Waals surface area contributed by atoms with Gasteiger partial charge in [0.1, 0.15) is 17.3 Å². The predicted octanol–water partition coefficient (Wildman–Crippen LogP) is 5.84. The number of para-hydroxylation sites is 1. The zero-order valence-electron chi connectivity index (χ0n) is 21.5. The molecule has 3 aromatic rings. The summed E-state index contributed by atoms with van der Waals surface area (Å²) in [6.07, 6.45) is 0.945. The largest absolute Gasteiger partial charge is 0.497 e. The Morgan fingerprint density at radius 2 is 1.71 bits per heavy atom. The highest BCUT2D eigenvalue weighted by Gasteiger charge is 2.42. The number of ether oxygens (including phenoxy) is 2. The molecule has 3 aromatic carbocycles. The molecule has 0 radical (unpaired) electrons. The van der Waals surface area contributed by atoms with E-state index in [1.165, 1.54) is 12.1 Å². The SMILES string of the molecule is COc1ccc([C@H]2C(C(=O)Nc3ccccc3F)=C(C)NC3=C2C(=O)C[C@@H](c2ccccc2)C3)c(OC)c1. The van der Waals surface area contributed by atoms with Crippen molar-refractivity contribution in [2.75, 3.05) is 19.5 Å². The van der Waals surface area contributed by atoms with E-state index in [1.807, 2.05) is 36.4 Å². The van der Waals surface area contributed by atoms with E-state index in [1.54, 1.807) is 45.4 Å². The first kappa shape index (κ1) is 25.3. The maximum absolute atomic E-state index is 14.4. The fourth-order valence-electron chi connectivity index (χ4n) is 5.42. The van der Waals surface area contributed by atoms with Crippen molar-refractivity contribution in [1.82, 2.24) is 5.32 Å². The molecule has 1 heterocycles. The zero-order chi connectivity index (χ0) is 26.8. The number of dihydropyridines is 1. The number of amides is 1. The molecular weight excluding hydrogens is 483 g/mol. The Labute approximate surface area is 221 Å². The second-order valence-electron chi connectivity index (χ2n) is 9.47. The molecule has 0 unspecified atom stereocenters. The van der Waals surface area contributed by atoms with Crippen LogP contribution in [0.5, 0.6) is 11.5 Å². The van der Waals surface area contributed by atoms with Crippen LogP contribution in [0.2, 0.25) is 0 Å². The molecule has 0 aromatic heterocycles. The van der Waals surface area contributed by atoms with Gasteiger partial charge in [-0.1, -0.05) is 48.5 Å². The smallest absolute Gasteiger partial charge is 0.254 e. The summed E-state index contributed by atoms with van der Waals surface area (Å²) in [7, 11) is 3.10. The number of halogens is 1. The van der Waals surface area contributed by atoms with Gasteiger partial charge in [-0.3, -0.25) is 9.59 Å². The van der Waals surface area contributed by atoms with Crippen molar-refractivity contribution in [3.05, 3.63) is 112 Å². The summed E-state index contributed by atoms with van der Waals surface area (Å²) in [5.41, 5.74) is 4.08. The molecule has 7 heteroatoms. The van der Waals surface area contributed by atoms with Gasteiger partial charge in [-0.15, -0.1) is 0 Å². The number of benzene rings is 3. The number of hydrogen-bond donors (Lipinski definition) is 2.